The molecular formula is C19H16Cl2N4O3. The predicted octanol–water partition coefficient (Wildman–Crippen LogP) is 4.57. The van der Waals surface area contributed by atoms with E-state index in [1.807, 2.05) is 0 Å². The van der Waals surface area contributed by atoms with Gasteiger partial charge in [-0.3, -0.25) is 9.78 Å². The zero-order chi connectivity index (χ0) is 20.3. The molecule has 0 saturated carbocycles. The summed E-state index contributed by atoms with van der Waals surface area (Å²) in [4.78, 5) is 26.1. The van der Waals surface area contributed by atoms with Crippen LogP contribution in [0.3, 0.4) is 0 Å². The van der Waals surface area contributed by atoms with E-state index in [9.17, 15) is 4.79 Å². The van der Waals surface area contributed by atoms with Crippen LogP contribution in [0.1, 0.15) is 23.0 Å². The van der Waals surface area contributed by atoms with Crippen LogP contribution in [0.5, 0.6) is 5.75 Å². The maximum atomic E-state index is 12.9. The number of carbonyl (C=O) groups is 1. The molecule has 0 radical (unpaired) electrons. The van der Waals surface area contributed by atoms with E-state index in [1.54, 1.807) is 31.2 Å². The average Bonchev–Trinajstić information content (AvgIpc) is 2.69. The summed E-state index contributed by atoms with van der Waals surface area (Å²) in [5, 5.41) is 7.70. The molecule has 1 aromatic carbocycles. The lowest BCUT2D eigenvalue weighted by Crippen LogP contribution is -2.14. The molecule has 0 saturated heterocycles. The first-order valence-electron chi connectivity index (χ1n) is 8.12. The molecule has 3 rings (SSSR count). The van der Waals surface area contributed by atoms with Crippen LogP contribution >= 0.6 is 23.2 Å². The molecule has 0 aliphatic carbocycles. The second-order valence-electron chi connectivity index (χ2n) is 5.70. The molecule has 0 aliphatic heterocycles. The molecule has 2 heterocycles. The van der Waals surface area contributed by atoms with Gasteiger partial charge in [0.25, 0.3) is 5.91 Å². The Kier molecular flexibility index (Phi) is 5.96. The summed E-state index contributed by atoms with van der Waals surface area (Å²) in [6.45, 7) is 1.77. The highest BCUT2D eigenvalue weighted by atomic mass is 35.5. The summed E-state index contributed by atoms with van der Waals surface area (Å²) in [6.07, 6.45) is 2.81. The van der Waals surface area contributed by atoms with E-state index in [-0.39, 0.29) is 16.0 Å². The van der Waals surface area contributed by atoms with Gasteiger partial charge in [-0.25, -0.2) is 4.98 Å². The Morgan fingerprint density at radius 3 is 2.46 bits per heavy atom. The summed E-state index contributed by atoms with van der Waals surface area (Å²) in [7, 11) is 3.00. The number of nitrogens with one attached hydrogen (secondary N) is 1. The number of ether oxygens (including phenoxy) is 1. The number of rotatable bonds is 5. The van der Waals surface area contributed by atoms with Gasteiger partial charge in [-0.2, -0.15) is 0 Å². The molecule has 144 valence electrons. The molecule has 0 bridgehead atoms. The van der Waals surface area contributed by atoms with Crippen LogP contribution < -0.4 is 10.1 Å². The highest BCUT2D eigenvalue weighted by molar-refractivity contribution is 6.39. The number of fused-ring (bicyclic) bond motifs is 1. The number of hydrogen-bond donors (Lipinski definition) is 1. The van der Waals surface area contributed by atoms with E-state index in [1.165, 1.54) is 26.6 Å². The number of nitrogens with zero attached hydrogens (tertiary/aromatic N) is 3. The zero-order valence-corrected chi connectivity index (χ0v) is 16.8. The predicted molar refractivity (Wildman–Crippen MR) is 110 cm³/mol. The minimum atomic E-state index is -0.389. The van der Waals surface area contributed by atoms with Crippen molar-refractivity contribution in [2.45, 2.75) is 6.92 Å². The first-order chi connectivity index (χ1) is 13.5. The van der Waals surface area contributed by atoms with E-state index in [0.29, 0.717) is 39.3 Å². The first-order valence-corrected chi connectivity index (χ1v) is 8.88. The molecule has 28 heavy (non-hydrogen) atoms. The van der Waals surface area contributed by atoms with E-state index in [2.05, 4.69) is 20.4 Å². The minimum absolute atomic E-state index is 0.241. The number of methoxy groups -OCH3 is 1. The van der Waals surface area contributed by atoms with Crippen molar-refractivity contribution in [2.24, 2.45) is 5.16 Å². The SMILES string of the molecule is CO/N=C(\C)c1ccc2c(C(=O)Nc3c(Cl)cncc3Cl)ccc(OC)c2n1. The Balaban J connectivity index is 2.09. The Morgan fingerprint density at radius 1 is 1.11 bits per heavy atom. The van der Waals surface area contributed by atoms with Crippen molar-refractivity contribution < 1.29 is 14.4 Å². The highest BCUT2D eigenvalue weighted by Crippen LogP contribution is 2.31. The molecule has 0 fully saturated rings. The van der Waals surface area contributed by atoms with Crippen LogP contribution in [-0.4, -0.2) is 35.8 Å². The normalized spacial score (nSPS) is 11.4. The smallest absolute Gasteiger partial charge is 0.256 e. The maximum absolute atomic E-state index is 12.9. The summed E-state index contributed by atoms with van der Waals surface area (Å²) in [6, 6.07) is 6.85. The summed E-state index contributed by atoms with van der Waals surface area (Å²) >= 11 is 12.2. The molecule has 1 N–H and O–H groups in total. The van der Waals surface area contributed by atoms with Crippen LogP contribution in [-0.2, 0) is 4.84 Å². The molecule has 0 aliphatic rings. The van der Waals surface area contributed by atoms with Crippen molar-refractivity contribution >= 4 is 51.4 Å². The Labute approximate surface area is 171 Å². The van der Waals surface area contributed by atoms with E-state index >= 15 is 0 Å². The standard InChI is InChI=1S/C19H16Cl2N4O3/c1-10(25-28-3)15-6-4-11-12(5-7-16(27-2)17(11)23-15)19(26)24-18-13(20)8-22-9-14(18)21/h4-9H,1-3H3,(H,22,24,26)/b25-10+. The van der Waals surface area contributed by atoms with Gasteiger partial charge in [0.05, 0.1) is 28.5 Å². The number of aromatic nitrogens is 2. The fraction of sp³-hybridized carbons (Fsp3) is 0.158. The Morgan fingerprint density at radius 2 is 1.82 bits per heavy atom. The van der Waals surface area contributed by atoms with Gasteiger partial charge in [-0.1, -0.05) is 28.4 Å². The number of halogens is 2. The molecule has 2 aromatic heterocycles. The van der Waals surface area contributed by atoms with Gasteiger partial charge < -0.3 is 14.9 Å². The van der Waals surface area contributed by atoms with Crippen LogP contribution in [0, 0.1) is 0 Å². The van der Waals surface area contributed by atoms with E-state index in [0.717, 1.165) is 0 Å². The summed E-state index contributed by atoms with van der Waals surface area (Å²) in [5.74, 6) is 0.137. The van der Waals surface area contributed by atoms with Crippen molar-refractivity contribution in [3.63, 3.8) is 0 Å². The van der Waals surface area contributed by atoms with E-state index < -0.39 is 0 Å². The monoisotopic (exact) mass is 418 g/mol. The lowest BCUT2D eigenvalue weighted by molar-refractivity contribution is 0.102. The molecule has 3 aromatic rings. The quantitative estimate of drug-likeness (QED) is 0.484. The number of pyridine rings is 2. The Hall–Kier alpha value is -2.90. The summed E-state index contributed by atoms with van der Waals surface area (Å²) < 4.78 is 5.40. The second kappa shape index (κ2) is 8.41. The lowest BCUT2D eigenvalue weighted by atomic mass is 10.1. The second-order valence-corrected chi connectivity index (χ2v) is 6.51. The first kappa shape index (κ1) is 19.9. The topological polar surface area (TPSA) is 85.7 Å². The van der Waals surface area contributed by atoms with Crippen molar-refractivity contribution in [1.29, 1.82) is 0 Å². The van der Waals surface area contributed by atoms with Crippen molar-refractivity contribution in [3.05, 3.63) is 58.0 Å². The Bertz CT molecular complexity index is 1070. The third-order valence-corrected chi connectivity index (χ3v) is 4.55. The van der Waals surface area contributed by atoms with Crippen molar-refractivity contribution in [3.8, 4) is 5.75 Å². The number of hydrogen-bond acceptors (Lipinski definition) is 6. The molecule has 9 heteroatoms. The van der Waals surface area contributed by atoms with Crippen LogP contribution in [0.2, 0.25) is 10.0 Å². The average molecular weight is 419 g/mol. The fourth-order valence-corrected chi connectivity index (χ4v) is 3.11. The fourth-order valence-electron chi connectivity index (χ4n) is 2.65. The molecule has 1 amide bonds. The van der Waals surface area contributed by atoms with Gasteiger partial charge in [0.2, 0.25) is 0 Å². The third kappa shape index (κ3) is 3.85. The largest absolute Gasteiger partial charge is 0.494 e. The number of amides is 1. The molecular weight excluding hydrogens is 403 g/mol. The number of carbonyl (C=O) groups excluding carboxylic acids is 1. The minimum Gasteiger partial charge on any atom is -0.494 e. The highest BCUT2D eigenvalue weighted by Gasteiger charge is 2.17. The van der Waals surface area contributed by atoms with Gasteiger partial charge in [0, 0.05) is 23.3 Å². The van der Waals surface area contributed by atoms with Gasteiger partial charge in [-0.15, -0.1) is 0 Å². The maximum Gasteiger partial charge on any atom is 0.256 e. The molecule has 7 nitrogen and oxygen atoms in total. The summed E-state index contributed by atoms with van der Waals surface area (Å²) in [5.41, 5.74) is 2.40. The number of benzene rings is 1. The van der Waals surface area contributed by atoms with Crippen molar-refractivity contribution in [2.75, 3.05) is 19.5 Å². The lowest BCUT2D eigenvalue weighted by Gasteiger charge is -2.13. The molecule has 0 atom stereocenters. The molecule has 0 spiro atoms. The van der Waals surface area contributed by atoms with Crippen LogP contribution in [0.4, 0.5) is 5.69 Å². The van der Waals surface area contributed by atoms with Gasteiger partial charge >= 0.3 is 0 Å². The third-order valence-electron chi connectivity index (χ3n) is 3.98. The number of oxime groups is 1. The van der Waals surface area contributed by atoms with Gasteiger partial charge in [0.1, 0.15) is 24.1 Å². The van der Waals surface area contributed by atoms with Gasteiger partial charge in [-0.05, 0) is 31.2 Å². The number of anilines is 1. The van der Waals surface area contributed by atoms with Crippen molar-refractivity contribution in [1.82, 2.24) is 9.97 Å². The molecule has 0 unspecified atom stereocenters. The van der Waals surface area contributed by atoms with Crippen LogP contribution in [0.15, 0.2) is 41.8 Å². The zero-order valence-electron chi connectivity index (χ0n) is 15.3. The van der Waals surface area contributed by atoms with E-state index in [4.69, 9.17) is 32.8 Å². The van der Waals surface area contributed by atoms with Gasteiger partial charge in [0.15, 0.2) is 0 Å². The van der Waals surface area contributed by atoms with Crippen LogP contribution in [0.25, 0.3) is 10.9 Å².